The van der Waals surface area contributed by atoms with Gasteiger partial charge in [0, 0.05) is 5.56 Å². The number of nitrogens with one attached hydrogen (secondary N) is 1. The summed E-state index contributed by atoms with van der Waals surface area (Å²) in [6.07, 6.45) is 7.12. The fraction of sp³-hybridized carbons (Fsp3) is 0.375. The number of benzene rings is 1. The van der Waals surface area contributed by atoms with E-state index in [4.69, 9.17) is 16.3 Å². The maximum Gasteiger partial charge on any atom is 0.326 e. The molecule has 2 N–H and O–H groups in total. The summed E-state index contributed by atoms with van der Waals surface area (Å²) in [6.45, 7) is 2.12. The van der Waals surface area contributed by atoms with E-state index in [2.05, 4.69) is 11.2 Å². The van der Waals surface area contributed by atoms with Crippen molar-refractivity contribution in [2.24, 2.45) is 0 Å². The topological polar surface area (TPSA) is 75.6 Å². The van der Waals surface area contributed by atoms with Crippen molar-refractivity contribution in [3.8, 4) is 18.1 Å². The first-order chi connectivity index (χ1) is 10.1. The first-order valence-electron chi connectivity index (χ1n) is 6.78. The van der Waals surface area contributed by atoms with Crippen molar-refractivity contribution in [2.75, 3.05) is 6.61 Å². The Bertz CT molecular complexity index is 516. The van der Waals surface area contributed by atoms with Gasteiger partial charge in [0.05, 0.1) is 0 Å². The number of carboxylic acids is 1. The molecule has 0 fully saturated rings. The molecule has 1 amide bonds. The number of unbranched alkanes of at least 4 members (excludes halogenated alkanes) is 1. The Morgan fingerprint density at radius 3 is 2.57 bits per heavy atom. The Labute approximate surface area is 124 Å². The van der Waals surface area contributed by atoms with Crippen LogP contribution in [0.25, 0.3) is 0 Å². The zero-order chi connectivity index (χ0) is 15.7. The third kappa shape index (κ3) is 5.57. The van der Waals surface area contributed by atoms with Gasteiger partial charge in [-0.25, -0.2) is 4.79 Å². The molecule has 0 saturated heterocycles. The Morgan fingerprint density at radius 2 is 2.05 bits per heavy atom. The molecule has 0 aliphatic carbocycles. The maximum atomic E-state index is 12.0. The highest BCUT2D eigenvalue weighted by molar-refractivity contribution is 5.96. The van der Waals surface area contributed by atoms with Gasteiger partial charge in [-0.2, -0.15) is 0 Å². The summed E-state index contributed by atoms with van der Waals surface area (Å²) in [5.74, 6) is 1.47. The summed E-state index contributed by atoms with van der Waals surface area (Å²) >= 11 is 0. The molecule has 5 heteroatoms. The summed E-state index contributed by atoms with van der Waals surface area (Å²) in [5, 5.41) is 11.6. The number of hydrogen-bond acceptors (Lipinski definition) is 3. The van der Waals surface area contributed by atoms with Crippen molar-refractivity contribution in [1.29, 1.82) is 0 Å². The van der Waals surface area contributed by atoms with Crippen LogP contribution in [-0.4, -0.2) is 29.6 Å². The first kappa shape index (κ1) is 16.6. The minimum absolute atomic E-state index is 0.156. The average Bonchev–Trinajstić information content (AvgIpc) is 2.49. The van der Waals surface area contributed by atoms with Crippen LogP contribution in [0, 0.1) is 12.3 Å². The van der Waals surface area contributed by atoms with Crippen LogP contribution in [0.15, 0.2) is 24.3 Å². The minimum atomic E-state index is -1.02. The SMILES string of the molecule is C#CCOc1ccc(C(=O)NC(CCCC)C(=O)O)cc1. The van der Waals surface area contributed by atoms with E-state index in [1.165, 1.54) is 0 Å². The van der Waals surface area contributed by atoms with Crippen LogP contribution >= 0.6 is 0 Å². The molecule has 21 heavy (non-hydrogen) atoms. The van der Waals surface area contributed by atoms with E-state index in [9.17, 15) is 9.59 Å². The van der Waals surface area contributed by atoms with Gasteiger partial charge in [-0.05, 0) is 30.7 Å². The fourth-order valence-electron chi connectivity index (χ4n) is 1.73. The predicted octanol–water partition coefficient (Wildman–Crippen LogP) is 2.07. The lowest BCUT2D eigenvalue weighted by atomic mass is 10.1. The lowest BCUT2D eigenvalue weighted by Gasteiger charge is -2.14. The van der Waals surface area contributed by atoms with Gasteiger partial charge < -0.3 is 15.2 Å². The monoisotopic (exact) mass is 289 g/mol. The lowest BCUT2D eigenvalue weighted by Crippen LogP contribution is -2.40. The van der Waals surface area contributed by atoms with Crippen LogP contribution in [0.1, 0.15) is 36.5 Å². The number of hydrogen-bond donors (Lipinski definition) is 2. The Hall–Kier alpha value is -2.48. The molecule has 1 atom stereocenters. The molecule has 0 aromatic heterocycles. The van der Waals surface area contributed by atoms with Gasteiger partial charge in [0.25, 0.3) is 5.91 Å². The van der Waals surface area contributed by atoms with Gasteiger partial charge in [-0.3, -0.25) is 4.79 Å². The lowest BCUT2D eigenvalue weighted by molar-refractivity contribution is -0.139. The van der Waals surface area contributed by atoms with Crippen LogP contribution in [0.2, 0.25) is 0 Å². The van der Waals surface area contributed by atoms with Crippen molar-refractivity contribution >= 4 is 11.9 Å². The Kier molecular flexibility index (Phi) is 6.82. The standard InChI is InChI=1S/C16H19NO4/c1-3-5-6-14(16(19)20)17-15(18)12-7-9-13(10-8-12)21-11-4-2/h2,7-10,14H,3,5-6,11H2,1H3,(H,17,18)(H,19,20). The molecule has 1 aromatic carbocycles. The van der Waals surface area contributed by atoms with Crippen molar-refractivity contribution in [3.05, 3.63) is 29.8 Å². The number of carboxylic acid groups (broad SMARTS) is 1. The molecule has 1 unspecified atom stereocenters. The highest BCUT2D eigenvalue weighted by Gasteiger charge is 2.19. The second-order valence-corrected chi connectivity index (χ2v) is 4.52. The third-order valence-corrected chi connectivity index (χ3v) is 2.89. The molecule has 0 saturated carbocycles. The molecule has 0 bridgehead atoms. The number of terminal acetylenes is 1. The van der Waals surface area contributed by atoms with Gasteiger partial charge in [0.15, 0.2) is 0 Å². The van der Waals surface area contributed by atoms with E-state index in [0.29, 0.717) is 17.7 Å². The average molecular weight is 289 g/mol. The van der Waals surface area contributed by atoms with Crippen LogP contribution in [0.3, 0.4) is 0 Å². The number of rotatable bonds is 8. The first-order valence-corrected chi connectivity index (χ1v) is 6.78. The van der Waals surface area contributed by atoms with Crippen molar-refractivity contribution in [3.63, 3.8) is 0 Å². The minimum Gasteiger partial charge on any atom is -0.481 e. The van der Waals surface area contributed by atoms with E-state index in [-0.39, 0.29) is 6.61 Å². The van der Waals surface area contributed by atoms with Crippen LogP contribution in [0.4, 0.5) is 0 Å². The molecule has 0 heterocycles. The van der Waals surface area contributed by atoms with Crippen LogP contribution in [0.5, 0.6) is 5.75 Å². The van der Waals surface area contributed by atoms with Crippen LogP contribution in [-0.2, 0) is 4.79 Å². The Balaban J connectivity index is 2.65. The number of carbonyl (C=O) groups excluding carboxylic acids is 1. The highest BCUT2D eigenvalue weighted by Crippen LogP contribution is 2.12. The van der Waals surface area contributed by atoms with Gasteiger partial charge in [0.1, 0.15) is 18.4 Å². The second-order valence-electron chi connectivity index (χ2n) is 4.52. The van der Waals surface area contributed by atoms with Crippen molar-refractivity contribution < 1.29 is 19.4 Å². The molecular weight excluding hydrogens is 270 g/mol. The molecule has 5 nitrogen and oxygen atoms in total. The van der Waals surface area contributed by atoms with Crippen molar-refractivity contribution in [1.82, 2.24) is 5.32 Å². The number of aliphatic carboxylic acids is 1. The molecule has 1 aromatic rings. The van der Waals surface area contributed by atoms with Crippen LogP contribution < -0.4 is 10.1 Å². The van der Waals surface area contributed by atoms with Gasteiger partial charge in [0.2, 0.25) is 0 Å². The normalized spacial score (nSPS) is 11.2. The van der Waals surface area contributed by atoms with Gasteiger partial charge in [-0.15, -0.1) is 6.42 Å². The van der Waals surface area contributed by atoms with E-state index >= 15 is 0 Å². The third-order valence-electron chi connectivity index (χ3n) is 2.89. The van der Waals surface area contributed by atoms with Gasteiger partial charge in [-0.1, -0.05) is 25.7 Å². The molecule has 0 aliphatic heterocycles. The number of ether oxygens (including phenoxy) is 1. The molecule has 0 spiro atoms. The largest absolute Gasteiger partial charge is 0.481 e. The summed E-state index contributed by atoms with van der Waals surface area (Å²) in [6, 6.07) is 5.51. The Morgan fingerprint density at radius 1 is 1.38 bits per heavy atom. The quantitative estimate of drug-likeness (QED) is 0.718. The zero-order valence-corrected chi connectivity index (χ0v) is 12.0. The summed E-state index contributed by atoms with van der Waals surface area (Å²) in [5.41, 5.74) is 0.380. The molecule has 112 valence electrons. The smallest absolute Gasteiger partial charge is 0.326 e. The molecule has 0 aliphatic rings. The molecular formula is C16H19NO4. The zero-order valence-electron chi connectivity index (χ0n) is 12.0. The van der Waals surface area contributed by atoms with E-state index in [1.54, 1.807) is 24.3 Å². The molecule has 1 rings (SSSR count). The van der Waals surface area contributed by atoms with Crippen molar-refractivity contribution in [2.45, 2.75) is 32.2 Å². The second kappa shape index (κ2) is 8.64. The fourth-order valence-corrected chi connectivity index (χ4v) is 1.73. The van der Waals surface area contributed by atoms with E-state index in [0.717, 1.165) is 12.8 Å². The maximum absolute atomic E-state index is 12.0. The predicted molar refractivity (Wildman–Crippen MR) is 79.2 cm³/mol. The summed E-state index contributed by atoms with van der Waals surface area (Å²) in [7, 11) is 0. The summed E-state index contributed by atoms with van der Waals surface area (Å²) < 4.78 is 5.20. The number of carbonyl (C=O) groups is 2. The summed E-state index contributed by atoms with van der Waals surface area (Å²) in [4.78, 5) is 23.1. The van der Waals surface area contributed by atoms with E-state index < -0.39 is 17.9 Å². The van der Waals surface area contributed by atoms with E-state index in [1.807, 2.05) is 6.92 Å². The number of amides is 1. The molecule has 0 radical (unpaired) electrons. The van der Waals surface area contributed by atoms with Gasteiger partial charge >= 0.3 is 5.97 Å². The highest BCUT2D eigenvalue weighted by atomic mass is 16.5.